The molecule has 86 valence electrons. The first-order valence-electron chi connectivity index (χ1n) is 5.19. The summed E-state index contributed by atoms with van der Waals surface area (Å²) in [6, 6.07) is 0. The lowest BCUT2D eigenvalue weighted by molar-refractivity contribution is -0.142. The van der Waals surface area contributed by atoms with Crippen LogP contribution < -0.4 is 0 Å². The van der Waals surface area contributed by atoms with Crippen molar-refractivity contribution >= 4 is 11.8 Å². The highest BCUT2D eigenvalue weighted by Crippen LogP contribution is 2.28. The molecule has 3 heteroatoms. The smallest absolute Gasteiger partial charge is 0.261 e. The molecule has 0 bridgehead atoms. The lowest BCUT2D eigenvalue weighted by atomic mass is 10.1. The SMILES string of the molecule is C=C/C=C\C1=C(C)C(=O)N(C(C)(C)C)C1=O. The van der Waals surface area contributed by atoms with Crippen LogP contribution in [0.1, 0.15) is 27.7 Å². The van der Waals surface area contributed by atoms with Crippen molar-refractivity contribution in [2.45, 2.75) is 33.2 Å². The molecule has 0 spiro atoms. The van der Waals surface area contributed by atoms with Gasteiger partial charge < -0.3 is 0 Å². The Morgan fingerprint density at radius 1 is 1.19 bits per heavy atom. The summed E-state index contributed by atoms with van der Waals surface area (Å²) in [5, 5.41) is 0. The normalized spacial score (nSPS) is 17.9. The van der Waals surface area contributed by atoms with Gasteiger partial charge in [-0.2, -0.15) is 0 Å². The predicted molar refractivity (Wildman–Crippen MR) is 63.6 cm³/mol. The van der Waals surface area contributed by atoms with Gasteiger partial charge in [0.25, 0.3) is 11.8 Å². The number of hydrogen-bond donors (Lipinski definition) is 0. The third-order valence-electron chi connectivity index (χ3n) is 2.43. The van der Waals surface area contributed by atoms with E-state index in [2.05, 4.69) is 6.58 Å². The van der Waals surface area contributed by atoms with E-state index in [1.807, 2.05) is 20.8 Å². The second kappa shape index (κ2) is 4.08. The van der Waals surface area contributed by atoms with Crippen molar-refractivity contribution in [1.82, 2.24) is 4.90 Å². The number of allylic oxidation sites excluding steroid dienone is 2. The number of rotatable bonds is 2. The number of hydrogen-bond acceptors (Lipinski definition) is 2. The molecule has 0 unspecified atom stereocenters. The maximum atomic E-state index is 12.0. The van der Waals surface area contributed by atoms with Gasteiger partial charge in [0.15, 0.2) is 0 Å². The minimum absolute atomic E-state index is 0.207. The Bertz CT molecular complexity index is 408. The molecule has 0 saturated carbocycles. The standard InChI is InChI=1S/C13H17NO2/c1-6-7-8-10-9(2)11(15)14(12(10)16)13(3,4)5/h6-8H,1H2,2-5H3/b8-7-. The Balaban J connectivity index is 3.16. The summed E-state index contributed by atoms with van der Waals surface area (Å²) in [4.78, 5) is 25.3. The van der Waals surface area contributed by atoms with E-state index in [1.165, 1.54) is 4.90 Å². The van der Waals surface area contributed by atoms with E-state index in [-0.39, 0.29) is 11.8 Å². The molecule has 0 fully saturated rings. The second-order valence-electron chi connectivity index (χ2n) is 4.75. The Morgan fingerprint density at radius 2 is 1.75 bits per heavy atom. The lowest BCUT2D eigenvalue weighted by Crippen LogP contribution is -2.46. The molecule has 1 aliphatic heterocycles. The van der Waals surface area contributed by atoms with Gasteiger partial charge in [0.1, 0.15) is 0 Å². The lowest BCUT2D eigenvalue weighted by Gasteiger charge is -2.30. The maximum Gasteiger partial charge on any atom is 0.261 e. The fourth-order valence-corrected chi connectivity index (χ4v) is 1.63. The van der Waals surface area contributed by atoms with E-state index in [0.717, 1.165) is 0 Å². The molecule has 0 aromatic carbocycles. The zero-order valence-electron chi connectivity index (χ0n) is 10.2. The van der Waals surface area contributed by atoms with Crippen LogP contribution in [0.4, 0.5) is 0 Å². The molecule has 0 aliphatic carbocycles. The molecule has 16 heavy (non-hydrogen) atoms. The van der Waals surface area contributed by atoms with E-state index in [4.69, 9.17) is 0 Å². The first-order chi connectivity index (χ1) is 7.30. The summed E-state index contributed by atoms with van der Waals surface area (Å²) in [7, 11) is 0. The molecule has 0 N–H and O–H groups in total. The van der Waals surface area contributed by atoms with Gasteiger partial charge in [-0.05, 0) is 33.8 Å². The number of nitrogens with zero attached hydrogens (tertiary/aromatic N) is 1. The van der Waals surface area contributed by atoms with Crippen LogP contribution in [-0.4, -0.2) is 22.3 Å². The van der Waals surface area contributed by atoms with Gasteiger partial charge in [0.2, 0.25) is 0 Å². The molecule has 0 atom stereocenters. The Morgan fingerprint density at radius 3 is 2.12 bits per heavy atom. The van der Waals surface area contributed by atoms with Gasteiger partial charge in [-0.1, -0.05) is 18.7 Å². The summed E-state index contributed by atoms with van der Waals surface area (Å²) in [5.74, 6) is -0.436. The van der Waals surface area contributed by atoms with Crippen LogP contribution in [0.15, 0.2) is 36.0 Å². The molecule has 0 saturated heterocycles. The van der Waals surface area contributed by atoms with E-state index in [9.17, 15) is 9.59 Å². The molecule has 0 aromatic rings. The number of imide groups is 1. The monoisotopic (exact) mass is 219 g/mol. The summed E-state index contributed by atoms with van der Waals surface area (Å²) < 4.78 is 0. The fraction of sp³-hybridized carbons (Fsp3) is 0.385. The highest BCUT2D eigenvalue weighted by molar-refractivity contribution is 6.20. The van der Waals surface area contributed by atoms with Crippen LogP contribution >= 0.6 is 0 Å². The van der Waals surface area contributed by atoms with Crippen LogP contribution in [0.2, 0.25) is 0 Å². The average molecular weight is 219 g/mol. The molecule has 0 aromatic heterocycles. The van der Waals surface area contributed by atoms with Crippen molar-refractivity contribution in [1.29, 1.82) is 0 Å². The second-order valence-corrected chi connectivity index (χ2v) is 4.75. The molecule has 1 heterocycles. The molecule has 0 radical (unpaired) electrons. The highest BCUT2D eigenvalue weighted by Gasteiger charge is 2.40. The van der Waals surface area contributed by atoms with Crippen molar-refractivity contribution in [2.24, 2.45) is 0 Å². The molecule has 3 nitrogen and oxygen atoms in total. The highest BCUT2D eigenvalue weighted by atomic mass is 16.2. The Hall–Kier alpha value is -1.64. The largest absolute Gasteiger partial charge is 0.269 e. The Kier molecular flexibility index (Phi) is 3.17. The van der Waals surface area contributed by atoms with E-state index >= 15 is 0 Å². The van der Waals surface area contributed by atoms with Gasteiger partial charge >= 0.3 is 0 Å². The summed E-state index contributed by atoms with van der Waals surface area (Å²) >= 11 is 0. The van der Waals surface area contributed by atoms with Crippen LogP contribution in [0.25, 0.3) is 0 Å². The van der Waals surface area contributed by atoms with Crippen molar-refractivity contribution in [2.75, 3.05) is 0 Å². The maximum absolute atomic E-state index is 12.0. The minimum atomic E-state index is -0.487. The third kappa shape index (κ3) is 1.98. The number of amides is 2. The molecular formula is C13H17NO2. The van der Waals surface area contributed by atoms with Gasteiger partial charge in [0.05, 0.1) is 0 Å². The topological polar surface area (TPSA) is 37.4 Å². The zero-order valence-corrected chi connectivity index (χ0v) is 10.2. The van der Waals surface area contributed by atoms with Crippen LogP contribution in [0, 0.1) is 0 Å². The van der Waals surface area contributed by atoms with Crippen molar-refractivity contribution in [3.63, 3.8) is 0 Å². The van der Waals surface area contributed by atoms with E-state index < -0.39 is 5.54 Å². The summed E-state index contributed by atoms with van der Waals surface area (Å²) in [5.41, 5.74) is 0.469. The van der Waals surface area contributed by atoms with Crippen molar-refractivity contribution in [3.8, 4) is 0 Å². The van der Waals surface area contributed by atoms with Crippen molar-refractivity contribution < 1.29 is 9.59 Å². The minimum Gasteiger partial charge on any atom is -0.269 e. The average Bonchev–Trinajstić information content (AvgIpc) is 2.35. The molecular weight excluding hydrogens is 202 g/mol. The third-order valence-corrected chi connectivity index (χ3v) is 2.43. The zero-order chi connectivity index (χ0) is 12.5. The predicted octanol–water partition coefficient (Wildman–Crippen LogP) is 2.21. The number of carbonyl (C=O) groups excluding carboxylic acids is 2. The van der Waals surface area contributed by atoms with Crippen LogP contribution in [0.5, 0.6) is 0 Å². The van der Waals surface area contributed by atoms with Gasteiger partial charge in [0, 0.05) is 16.7 Å². The van der Waals surface area contributed by atoms with Crippen molar-refractivity contribution in [3.05, 3.63) is 36.0 Å². The van der Waals surface area contributed by atoms with E-state index in [1.54, 1.807) is 25.2 Å². The number of carbonyl (C=O) groups is 2. The first-order valence-corrected chi connectivity index (χ1v) is 5.19. The van der Waals surface area contributed by atoms with Crippen LogP contribution in [-0.2, 0) is 9.59 Å². The fourth-order valence-electron chi connectivity index (χ4n) is 1.63. The van der Waals surface area contributed by atoms with Crippen LogP contribution in [0.3, 0.4) is 0 Å². The summed E-state index contributed by atoms with van der Waals surface area (Å²) in [6.45, 7) is 10.7. The molecule has 2 amide bonds. The molecule has 1 aliphatic rings. The van der Waals surface area contributed by atoms with Gasteiger partial charge in [-0.3, -0.25) is 14.5 Å². The van der Waals surface area contributed by atoms with Gasteiger partial charge in [-0.25, -0.2) is 0 Å². The first kappa shape index (κ1) is 12.4. The quantitative estimate of drug-likeness (QED) is 0.527. The summed E-state index contributed by atoms with van der Waals surface area (Å²) in [6.07, 6.45) is 4.88. The molecule has 1 rings (SSSR count). The Labute approximate surface area is 96.1 Å². The van der Waals surface area contributed by atoms with E-state index in [0.29, 0.717) is 11.1 Å². The van der Waals surface area contributed by atoms with Gasteiger partial charge in [-0.15, -0.1) is 0 Å².